The molecule has 1 rings (SSSR count). The zero-order valence-electron chi connectivity index (χ0n) is 20.1. The Bertz CT molecular complexity index is 953. The summed E-state index contributed by atoms with van der Waals surface area (Å²) in [7, 11) is 0. The summed E-state index contributed by atoms with van der Waals surface area (Å²) in [5, 5.41) is 16.4. The monoisotopic (exact) mass is 542 g/mol. The van der Waals surface area contributed by atoms with Crippen molar-refractivity contribution < 1.29 is 29.1 Å². The number of primary amides is 1. The number of amides is 4. The summed E-state index contributed by atoms with van der Waals surface area (Å²) >= 11 is 3.89. The van der Waals surface area contributed by atoms with Gasteiger partial charge in [-0.25, -0.2) is 9.78 Å². The fourth-order valence-corrected chi connectivity index (χ4v) is 3.29. The maximum absolute atomic E-state index is 13.1. The molecule has 0 aliphatic rings. The van der Waals surface area contributed by atoms with E-state index in [2.05, 4.69) is 43.5 Å². The molecule has 1 aromatic rings. The molecule has 1 aromatic heterocycles. The number of hydrogen-bond donors (Lipinski definition) is 10. The lowest BCUT2D eigenvalue weighted by Crippen LogP contribution is -2.58. The first-order valence-electron chi connectivity index (χ1n) is 11.3. The molecule has 4 amide bonds. The van der Waals surface area contributed by atoms with Crippen LogP contribution in [0, 0.1) is 0 Å². The molecule has 4 unspecified atom stereocenters. The van der Waals surface area contributed by atoms with Gasteiger partial charge in [0.2, 0.25) is 23.6 Å². The van der Waals surface area contributed by atoms with Crippen LogP contribution in [0.1, 0.15) is 31.4 Å². The molecule has 0 aromatic carbocycles. The van der Waals surface area contributed by atoms with E-state index < -0.39 is 53.8 Å². The molecule has 0 aliphatic heterocycles. The lowest BCUT2D eigenvalue weighted by molar-refractivity contribution is -0.141. The number of rotatable bonds is 17. The van der Waals surface area contributed by atoms with Crippen molar-refractivity contribution in [1.82, 2.24) is 25.9 Å². The van der Waals surface area contributed by atoms with Gasteiger partial charge in [0, 0.05) is 37.0 Å². The molecule has 0 saturated heterocycles. The van der Waals surface area contributed by atoms with E-state index in [1.54, 1.807) is 0 Å². The number of nitrogens with one attached hydrogen (secondary N) is 4. The molecule has 16 nitrogen and oxygen atoms in total. The van der Waals surface area contributed by atoms with E-state index in [0.29, 0.717) is 12.1 Å². The van der Waals surface area contributed by atoms with Crippen molar-refractivity contribution in [2.24, 2.45) is 27.9 Å². The predicted octanol–water partition coefficient (Wildman–Crippen LogP) is -3.93. The van der Waals surface area contributed by atoms with Crippen molar-refractivity contribution in [3.63, 3.8) is 0 Å². The first-order valence-corrected chi connectivity index (χ1v) is 11.9. The van der Waals surface area contributed by atoms with Gasteiger partial charge in [0.1, 0.15) is 18.1 Å². The number of guanidine groups is 1. The average Bonchev–Trinajstić information content (AvgIpc) is 3.34. The van der Waals surface area contributed by atoms with E-state index >= 15 is 0 Å². The lowest BCUT2D eigenvalue weighted by Gasteiger charge is -2.24. The Labute approximate surface area is 218 Å². The van der Waals surface area contributed by atoms with E-state index in [1.807, 2.05) is 0 Å². The Balaban J connectivity index is 2.99. The largest absolute Gasteiger partial charge is 0.480 e. The van der Waals surface area contributed by atoms with Crippen LogP contribution in [0.2, 0.25) is 0 Å². The maximum Gasteiger partial charge on any atom is 0.327 e. The number of aromatic nitrogens is 2. The van der Waals surface area contributed by atoms with Crippen LogP contribution >= 0.6 is 12.6 Å². The summed E-state index contributed by atoms with van der Waals surface area (Å²) in [4.78, 5) is 71.5. The summed E-state index contributed by atoms with van der Waals surface area (Å²) in [6.45, 7) is 0.266. The Kier molecular flexibility index (Phi) is 13.5. The highest BCUT2D eigenvalue weighted by Gasteiger charge is 2.30. The van der Waals surface area contributed by atoms with Gasteiger partial charge in [-0.3, -0.25) is 24.2 Å². The Morgan fingerprint density at radius 2 is 1.62 bits per heavy atom. The maximum atomic E-state index is 13.1. The number of carboxylic acids is 1. The molecule has 0 bridgehead atoms. The lowest BCUT2D eigenvalue weighted by atomic mass is 10.1. The minimum atomic E-state index is -1.33. The van der Waals surface area contributed by atoms with E-state index in [9.17, 15) is 29.1 Å². The number of aliphatic imine (C=N–C) groups is 1. The minimum absolute atomic E-state index is 0.0309. The summed E-state index contributed by atoms with van der Waals surface area (Å²) in [6, 6.07) is -4.83. The third kappa shape index (κ3) is 12.1. The van der Waals surface area contributed by atoms with Crippen LogP contribution in [0.15, 0.2) is 17.5 Å². The SMILES string of the molecule is NC(=O)CCC(NC(=O)C(Cc1cnc[nH]1)NC(=O)C(N)CCCN=C(N)N)C(=O)NC(CS)C(=O)O. The highest BCUT2D eigenvalue weighted by molar-refractivity contribution is 7.80. The van der Waals surface area contributed by atoms with Crippen molar-refractivity contribution in [1.29, 1.82) is 0 Å². The summed E-state index contributed by atoms with van der Waals surface area (Å²) in [5.41, 5.74) is 22.1. The molecule has 0 fully saturated rings. The van der Waals surface area contributed by atoms with E-state index in [4.69, 9.17) is 22.9 Å². The Morgan fingerprint density at radius 1 is 1.00 bits per heavy atom. The standard InChI is InChI=1S/C20H34N10O6S/c21-11(2-1-5-26-20(23)24)16(32)29-13(6-10-7-25-9-27-10)18(34)28-12(3-4-15(22)31)17(33)30-14(8-37)19(35)36/h7,9,11-14,37H,1-6,8,21H2,(H2,22,31)(H,25,27)(H,28,34)(H,29,32)(H,30,33)(H,35,36)(H4,23,24,26). The molecule has 1 heterocycles. The second kappa shape index (κ2) is 16.0. The molecule has 0 saturated carbocycles. The van der Waals surface area contributed by atoms with Crippen molar-refractivity contribution in [3.05, 3.63) is 18.2 Å². The summed E-state index contributed by atoms with van der Waals surface area (Å²) in [5.74, 6) is -4.64. The number of nitrogens with two attached hydrogens (primary N) is 4. The third-order valence-electron chi connectivity index (χ3n) is 5.03. The highest BCUT2D eigenvalue weighted by atomic mass is 32.1. The molecule has 17 heteroatoms. The van der Waals surface area contributed by atoms with Gasteiger partial charge in [-0.1, -0.05) is 0 Å². The number of thiol groups is 1. The Hall–Kier alpha value is -3.86. The topological polar surface area (TPSA) is 287 Å². The van der Waals surface area contributed by atoms with Gasteiger partial charge in [0.05, 0.1) is 12.4 Å². The molecule has 4 atom stereocenters. The fourth-order valence-electron chi connectivity index (χ4n) is 3.04. The van der Waals surface area contributed by atoms with Crippen LogP contribution in [0.4, 0.5) is 0 Å². The van der Waals surface area contributed by atoms with Crippen molar-refractivity contribution in [3.8, 4) is 0 Å². The number of hydrogen-bond acceptors (Lipinski definition) is 9. The van der Waals surface area contributed by atoms with Crippen LogP contribution in [-0.4, -0.2) is 87.1 Å². The van der Waals surface area contributed by atoms with Crippen molar-refractivity contribution in [2.45, 2.75) is 56.3 Å². The molecule has 0 aliphatic carbocycles. The molecule has 13 N–H and O–H groups in total. The molecular formula is C20H34N10O6S. The van der Waals surface area contributed by atoms with Crippen LogP contribution in [0.5, 0.6) is 0 Å². The van der Waals surface area contributed by atoms with Gasteiger partial charge >= 0.3 is 5.97 Å². The number of carbonyl (C=O) groups excluding carboxylic acids is 4. The fraction of sp³-hybridized carbons (Fsp3) is 0.550. The molecule has 0 radical (unpaired) electrons. The van der Waals surface area contributed by atoms with Crippen molar-refractivity contribution >= 4 is 48.2 Å². The van der Waals surface area contributed by atoms with Gasteiger partial charge in [-0.05, 0) is 19.3 Å². The Morgan fingerprint density at radius 3 is 2.16 bits per heavy atom. The summed E-state index contributed by atoms with van der Waals surface area (Å²) < 4.78 is 0. The van der Waals surface area contributed by atoms with Gasteiger partial charge in [0.25, 0.3) is 0 Å². The molecule has 206 valence electrons. The minimum Gasteiger partial charge on any atom is -0.480 e. The molecule has 0 spiro atoms. The number of nitrogens with zero attached hydrogens (tertiary/aromatic N) is 2. The first-order chi connectivity index (χ1) is 17.4. The zero-order chi connectivity index (χ0) is 28.0. The zero-order valence-corrected chi connectivity index (χ0v) is 20.9. The average molecular weight is 543 g/mol. The van der Waals surface area contributed by atoms with Crippen LogP contribution in [0.3, 0.4) is 0 Å². The van der Waals surface area contributed by atoms with Crippen molar-refractivity contribution in [2.75, 3.05) is 12.3 Å². The highest BCUT2D eigenvalue weighted by Crippen LogP contribution is 2.05. The van der Waals surface area contributed by atoms with Gasteiger partial charge in [0.15, 0.2) is 5.96 Å². The molecular weight excluding hydrogens is 508 g/mol. The second-order valence-corrected chi connectivity index (χ2v) is 8.41. The number of imidazole rings is 1. The van der Waals surface area contributed by atoms with Gasteiger partial charge in [-0.15, -0.1) is 0 Å². The van der Waals surface area contributed by atoms with E-state index in [0.717, 1.165) is 0 Å². The van der Waals surface area contributed by atoms with Crippen LogP contribution in [-0.2, 0) is 30.4 Å². The first kappa shape index (κ1) is 31.2. The number of carboxylic acid groups (broad SMARTS) is 1. The van der Waals surface area contributed by atoms with Gasteiger partial charge in [-0.2, -0.15) is 12.6 Å². The normalized spacial score (nSPS) is 13.9. The number of aromatic amines is 1. The van der Waals surface area contributed by atoms with Crippen LogP contribution < -0.4 is 38.9 Å². The third-order valence-corrected chi connectivity index (χ3v) is 5.39. The second-order valence-electron chi connectivity index (χ2n) is 8.05. The quantitative estimate of drug-likeness (QED) is 0.0394. The number of H-pyrrole nitrogens is 1. The van der Waals surface area contributed by atoms with E-state index in [-0.39, 0.29) is 43.9 Å². The molecule has 37 heavy (non-hydrogen) atoms. The predicted molar refractivity (Wildman–Crippen MR) is 136 cm³/mol. The van der Waals surface area contributed by atoms with E-state index in [1.165, 1.54) is 12.5 Å². The number of carbonyl (C=O) groups is 5. The van der Waals surface area contributed by atoms with Gasteiger partial charge < -0.3 is 49.0 Å². The number of aliphatic carboxylic acids is 1. The smallest absolute Gasteiger partial charge is 0.327 e. The van der Waals surface area contributed by atoms with Crippen LogP contribution in [0.25, 0.3) is 0 Å². The summed E-state index contributed by atoms with van der Waals surface area (Å²) in [6.07, 6.45) is 2.96.